The second kappa shape index (κ2) is 24.8. The Hall–Kier alpha value is -13.4. The van der Waals surface area contributed by atoms with E-state index in [0.29, 0.717) is 55.1 Å². The molecule has 0 saturated heterocycles. The van der Waals surface area contributed by atoms with Gasteiger partial charge in [-0.15, -0.1) is 0 Å². The number of rotatable bonds is 8. The molecule has 546 valence electrons. The molecule has 113 heavy (non-hydrogen) atoms. The minimum absolute atomic E-state index is 0. The van der Waals surface area contributed by atoms with Crippen molar-refractivity contribution in [2.45, 2.75) is 117 Å². The molecule has 0 N–H and O–H groups in total. The van der Waals surface area contributed by atoms with Crippen LogP contribution in [0.4, 0.5) is 5.69 Å². The van der Waals surface area contributed by atoms with Gasteiger partial charge in [0.1, 0.15) is 5.70 Å². The van der Waals surface area contributed by atoms with Crippen LogP contribution in [0.5, 0.6) is 0 Å². The number of hydrogen-bond donors (Lipinski definition) is 0. The first-order chi connectivity index (χ1) is 54.1. The van der Waals surface area contributed by atoms with Gasteiger partial charge in [-0.2, -0.15) is 35.7 Å². The van der Waals surface area contributed by atoms with E-state index in [2.05, 4.69) is 206 Å². The van der Waals surface area contributed by atoms with Crippen molar-refractivity contribution in [2.24, 2.45) is 5.11 Å². The van der Waals surface area contributed by atoms with E-state index in [9.17, 15) is 0 Å². The third kappa shape index (κ3) is 10.0. The van der Waals surface area contributed by atoms with Gasteiger partial charge in [0.2, 0.25) is 11.7 Å². The topological polar surface area (TPSA) is 246 Å². The predicted octanol–water partition coefficient (Wildman–Crippen LogP) is 17.8. The largest absolute Gasteiger partial charge is 2.00 e. The first-order valence-corrected chi connectivity index (χ1v) is 37.6. The number of fused-ring (bicyclic) bond motifs is 24. The molecule has 8 aromatic carbocycles. The van der Waals surface area contributed by atoms with Crippen LogP contribution in [-0.2, 0) is 19.5 Å². The van der Waals surface area contributed by atoms with Gasteiger partial charge >= 0.3 is 19.5 Å². The van der Waals surface area contributed by atoms with Crippen molar-refractivity contribution < 1.29 is 24.2 Å². The van der Waals surface area contributed by atoms with Gasteiger partial charge in [-0.1, -0.05) is 95.7 Å². The van der Waals surface area contributed by atoms with E-state index in [-0.39, 0.29) is 60.1 Å². The van der Waals surface area contributed by atoms with Crippen LogP contribution in [-0.4, -0.2) is 109 Å². The number of aryl methyl sites for hydroxylation is 14. The Bertz CT molecular complexity index is 7480. The second-order valence-corrected chi connectivity index (χ2v) is 30.3. The van der Waals surface area contributed by atoms with Gasteiger partial charge in [-0.05, 0) is 158 Å². The first kappa shape index (κ1) is 68.8. The molecule has 13 heterocycles. The fraction of sp³-hybridized carbons (Fsp3) is 0.193. The monoisotopic (exact) mass is 1530 g/mol. The van der Waals surface area contributed by atoms with Gasteiger partial charge in [0.25, 0.3) is 0 Å². The maximum absolute atomic E-state index is 6.12. The van der Waals surface area contributed by atoms with Crippen molar-refractivity contribution in [2.75, 3.05) is 0 Å². The Balaban J connectivity index is 0.00000830. The van der Waals surface area contributed by atoms with Gasteiger partial charge in [-0.25, -0.2) is 42.7 Å². The Morgan fingerprint density at radius 2 is 0.504 bits per heavy atom. The van der Waals surface area contributed by atoms with Crippen molar-refractivity contribution >= 4 is 92.9 Å². The summed E-state index contributed by atoms with van der Waals surface area (Å²) in [7, 11) is 0. The molecule has 1 unspecified atom stereocenters. The molecule has 8 bridgehead atoms. The summed E-state index contributed by atoms with van der Waals surface area (Å²) >= 11 is 0. The fourth-order valence-electron chi connectivity index (χ4n) is 18.0. The zero-order valence-corrected chi connectivity index (χ0v) is 68.3. The van der Waals surface area contributed by atoms with Gasteiger partial charge in [0.05, 0.1) is 114 Å². The van der Waals surface area contributed by atoms with E-state index in [1.807, 2.05) is 88.2 Å². The van der Waals surface area contributed by atoms with Crippen molar-refractivity contribution in [1.29, 1.82) is 0 Å². The van der Waals surface area contributed by atoms with Crippen molar-refractivity contribution in [1.82, 2.24) is 108 Å². The zero-order valence-electron chi connectivity index (χ0n) is 65.4. The van der Waals surface area contributed by atoms with E-state index < -0.39 is 0 Å². The Kier molecular flexibility index (Phi) is 15.1. The van der Waals surface area contributed by atoms with Crippen molar-refractivity contribution in [3.05, 3.63) is 231 Å². The molecular weight excluding hydrogens is 1460 g/mol. The summed E-state index contributed by atoms with van der Waals surface area (Å²) in [4.78, 5) is 48.4. The van der Waals surface area contributed by atoms with Crippen LogP contribution in [0.25, 0.3) is 173 Å². The summed E-state index contributed by atoms with van der Waals surface area (Å²) in [6.45, 7) is 32.9. The van der Waals surface area contributed by atoms with Crippen molar-refractivity contribution in [3.63, 3.8) is 0 Å². The number of nitrogens with zero attached hydrogens (tertiary/aromatic N) is 24. The normalized spacial score (nSPS) is 13.4. The van der Waals surface area contributed by atoms with E-state index in [4.69, 9.17) is 80.7 Å². The molecule has 10 aromatic heterocycles. The molecule has 0 saturated carbocycles. The molecule has 0 aliphatic carbocycles. The number of azo groups is 2. The molecule has 1 atom stereocenters. The molecule has 3 aliphatic rings. The van der Waals surface area contributed by atoms with Crippen molar-refractivity contribution in [3.8, 4) is 85.4 Å². The molecule has 24 nitrogen and oxygen atoms in total. The fourth-order valence-corrected chi connectivity index (χ4v) is 18.0. The average molecular weight is 1530 g/mol. The van der Waals surface area contributed by atoms with Gasteiger partial charge in [0.15, 0.2) is 0 Å². The molecule has 0 spiro atoms. The Morgan fingerprint density at radius 3 is 0.743 bits per heavy atom. The summed E-state index contributed by atoms with van der Waals surface area (Å²) in [5, 5.41) is 52.5. The summed E-state index contributed by atoms with van der Waals surface area (Å²) < 4.78 is 16.2. The standard InChI is InChI=1S/C88H73N24.Zn/c1-41-33-49(9)105(97-41)73-57-25-17-18-26-58(57)74(106-50(10)34-42(2)98-106)66-65(73)81-89-82(66)94-84-69-70(78(110-54(14)38-46(6)102-110)62-30-22-21-29-61(62)77(69)109-53(13)37-45(5)101-109)86(91-84)96-88-72-71(79(111-55(15)39-47(7)103-111)63-31-23-24-32-64(63)80(72)112-56(16)40-48(8)104-112)87(92-88)95-85-68-67(83(90-85)93-81)75(107-51(11)35-43(3)99-107)59-27-19-20-28-60(59)76(68)108-52(12)36-44(4)100-108;/h17-40,49H,1-16H3;/q-1;+2. The number of benzene rings is 8. The summed E-state index contributed by atoms with van der Waals surface area (Å²) in [6, 6.07) is 48.1. The third-order valence-electron chi connectivity index (χ3n) is 22.0. The van der Waals surface area contributed by atoms with Crippen LogP contribution >= 0.6 is 0 Å². The zero-order chi connectivity index (χ0) is 76.6. The minimum Gasteiger partial charge on any atom is -0.357 e. The Morgan fingerprint density at radius 1 is 0.283 bits per heavy atom. The third-order valence-corrected chi connectivity index (χ3v) is 22.0. The SMILES string of the molecule is CC1=CC(C)[N+](c2c3ccccc3c(-n3nc(C)cc3C)c3c4nc5nc(nc6[n-]c(nc7nc(nc([n-]4)c23)-c2c-7c(-n3nc(C)cc3C)c3ccccc3c2-n2nc(C)cc2C)c2c(-n3nc(C)cc3C)c3ccccc3c(-n3nc(C)cc3C)c62)-c2c-5c(-n3nc(C)cc3C)c3ccccc3c2-n2nc(C)cc2C)=N1.[Zn+2]. The van der Waals surface area contributed by atoms with E-state index >= 15 is 0 Å². The molecular formula is C88H73N24Zn+. The second-order valence-electron chi connectivity index (χ2n) is 30.3. The van der Waals surface area contributed by atoms with Crippen LogP contribution in [0.15, 0.2) is 156 Å². The van der Waals surface area contributed by atoms with E-state index in [0.717, 1.165) is 174 Å². The molecule has 0 amide bonds. The molecule has 21 rings (SSSR count). The molecule has 0 radical (unpaired) electrons. The van der Waals surface area contributed by atoms with E-state index in [1.54, 1.807) is 0 Å². The number of hydrogen-bond acceptors (Lipinski definition) is 14. The van der Waals surface area contributed by atoms with Crippen LogP contribution in [0.3, 0.4) is 0 Å². The Labute approximate surface area is 659 Å². The molecule has 0 fully saturated rings. The van der Waals surface area contributed by atoms with Gasteiger partial charge < -0.3 is 29.9 Å². The van der Waals surface area contributed by atoms with Crippen LogP contribution in [0.2, 0.25) is 0 Å². The maximum Gasteiger partial charge on any atom is 2.00 e. The number of aromatic nitrogens is 22. The minimum atomic E-state index is -0.226. The molecule has 3 aliphatic heterocycles. The van der Waals surface area contributed by atoms with E-state index in [1.165, 1.54) is 0 Å². The van der Waals surface area contributed by atoms with Crippen LogP contribution in [0.1, 0.15) is 93.6 Å². The smallest absolute Gasteiger partial charge is 0.357 e. The molecule has 18 aromatic rings. The average Bonchev–Trinajstić information content (AvgIpc) is 1.56. The summed E-state index contributed by atoms with van der Waals surface area (Å²) in [6.07, 6.45) is 2.17. The molecule has 25 heteroatoms. The first-order valence-electron chi connectivity index (χ1n) is 37.6. The van der Waals surface area contributed by atoms with Crippen LogP contribution in [0, 0.1) is 96.9 Å². The van der Waals surface area contributed by atoms with Crippen LogP contribution < -0.4 is 9.97 Å². The summed E-state index contributed by atoms with van der Waals surface area (Å²) in [5.74, 6) is 1.14. The van der Waals surface area contributed by atoms with Gasteiger partial charge in [0, 0.05) is 152 Å². The predicted molar refractivity (Wildman–Crippen MR) is 436 cm³/mol. The number of allylic oxidation sites excluding steroid dienone is 1. The quantitative estimate of drug-likeness (QED) is 0.101. The summed E-state index contributed by atoms with van der Waals surface area (Å²) in [5.41, 5.74) is 22.3. The maximum atomic E-state index is 6.12. The van der Waals surface area contributed by atoms with Gasteiger partial charge in [-0.3, -0.25) is 0 Å².